The second-order valence-electron chi connectivity index (χ2n) is 5.47. The SMILES string of the molecule is Cc1nc(CSc2ccccc2C(=O)OCc2nc(C)c(C)o2)cs1. The summed E-state index contributed by atoms with van der Waals surface area (Å²) in [5, 5.41) is 3.08. The van der Waals surface area contributed by atoms with E-state index >= 15 is 0 Å². The van der Waals surface area contributed by atoms with E-state index in [2.05, 4.69) is 9.97 Å². The van der Waals surface area contributed by atoms with Crippen LogP contribution in [-0.4, -0.2) is 15.9 Å². The minimum Gasteiger partial charge on any atom is -0.452 e. The maximum atomic E-state index is 12.4. The van der Waals surface area contributed by atoms with Crippen molar-refractivity contribution in [2.24, 2.45) is 0 Å². The second kappa shape index (κ2) is 7.84. The Morgan fingerprint density at radius 2 is 2.04 bits per heavy atom. The fraction of sp³-hybridized carbons (Fsp3) is 0.278. The number of rotatable bonds is 6. The molecule has 0 fully saturated rings. The Morgan fingerprint density at radius 1 is 1.24 bits per heavy atom. The van der Waals surface area contributed by atoms with Crippen LogP contribution in [0.4, 0.5) is 0 Å². The third kappa shape index (κ3) is 4.49. The summed E-state index contributed by atoms with van der Waals surface area (Å²) in [5.41, 5.74) is 2.36. The van der Waals surface area contributed by atoms with E-state index in [1.165, 1.54) is 0 Å². The highest BCUT2D eigenvalue weighted by molar-refractivity contribution is 7.98. The number of carbonyl (C=O) groups is 1. The molecular formula is C18H18N2O3S2. The lowest BCUT2D eigenvalue weighted by molar-refractivity contribution is 0.0433. The highest BCUT2D eigenvalue weighted by Gasteiger charge is 2.15. The Kier molecular flexibility index (Phi) is 5.55. The summed E-state index contributed by atoms with van der Waals surface area (Å²) < 4.78 is 10.8. The number of thioether (sulfide) groups is 1. The molecule has 5 nitrogen and oxygen atoms in total. The van der Waals surface area contributed by atoms with Gasteiger partial charge in [-0.3, -0.25) is 0 Å². The number of thiazole rings is 1. The van der Waals surface area contributed by atoms with Gasteiger partial charge in [0.2, 0.25) is 5.89 Å². The summed E-state index contributed by atoms with van der Waals surface area (Å²) in [6.45, 7) is 5.70. The molecule has 3 rings (SSSR count). The summed E-state index contributed by atoms with van der Waals surface area (Å²) in [5.74, 6) is 1.48. The molecule has 0 spiro atoms. The van der Waals surface area contributed by atoms with E-state index in [-0.39, 0.29) is 12.6 Å². The molecule has 0 N–H and O–H groups in total. The van der Waals surface area contributed by atoms with Gasteiger partial charge in [0.15, 0.2) is 6.61 Å². The van der Waals surface area contributed by atoms with Crippen molar-refractivity contribution in [3.8, 4) is 0 Å². The molecule has 130 valence electrons. The van der Waals surface area contributed by atoms with E-state index in [0.29, 0.717) is 17.2 Å². The Balaban J connectivity index is 1.65. The number of aromatic nitrogens is 2. The first-order valence-electron chi connectivity index (χ1n) is 7.76. The molecule has 0 amide bonds. The molecule has 2 aromatic heterocycles. The molecule has 0 aliphatic heterocycles. The highest BCUT2D eigenvalue weighted by atomic mass is 32.2. The van der Waals surface area contributed by atoms with Crippen molar-refractivity contribution in [1.82, 2.24) is 9.97 Å². The van der Waals surface area contributed by atoms with Gasteiger partial charge in [-0.05, 0) is 32.9 Å². The molecular weight excluding hydrogens is 356 g/mol. The van der Waals surface area contributed by atoms with Crippen LogP contribution in [0.5, 0.6) is 0 Å². The Labute approximate surface area is 154 Å². The first-order valence-corrected chi connectivity index (χ1v) is 9.62. The van der Waals surface area contributed by atoms with Crippen LogP contribution in [0.25, 0.3) is 0 Å². The first kappa shape index (κ1) is 17.7. The molecule has 7 heteroatoms. The normalized spacial score (nSPS) is 10.8. The highest BCUT2D eigenvalue weighted by Crippen LogP contribution is 2.27. The molecule has 0 aliphatic rings. The molecule has 0 atom stereocenters. The Hall–Kier alpha value is -2.12. The topological polar surface area (TPSA) is 65.2 Å². The van der Waals surface area contributed by atoms with Crippen LogP contribution in [0, 0.1) is 20.8 Å². The number of benzene rings is 1. The van der Waals surface area contributed by atoms with Crippen LogP contribution in [0.15, 0.2) is 39.0 Å². The van der Waals surface area contributed by atoms with Gasteiger partial charge in [-0.1, -0.05) is 12.1 Å². The van der Waals surface area contributed by atoms with Gasteiger partial charge in [-0.2, -0.15) is 0 Å². The van der Waals surface area contributed by atoms with Gasteiger partial charge in [-0.25, -0.2) is 14.8 Å². The van der Waals surface area contributed by atoms with Crippen molar-refractivity contribution in [1.29, 1.82) is 0 Å². The average Bonchev–Trinajstić information content (AvgIpc) is 3.16. The summed E-state index contributed by atoms with van der Waals surface area (Å²) >= 11 is 3.20. The van der Waals surface area contributed by atoms with E-state index in [1.54, 1.807) is 29.2 Å². The molecule has 0 radical (unpaired) electrons. The zero-order valence-electron chi connectivity index (χ0n) is 14.2. The number of nitrogens with zero attached hydrogens (tertiary/aromatic N) is 2. The Morgan fingerprint density at radius 3 is 2.72 bits per heavy atom. The van der Waals surface area contributed by atoms with Gasteiger partial charge in [0.05, 0.1) is 22.0 Å². The number of carbonyl (C=O) groups excluding carboxylic acids is 1. The van der Waals surface area contributed by atoms with Crippen molar-refractivity contribution in [2.45, 2.75) is 38.0 Å². The molecule has 3 aromatic rings. The minimum atomic E-state index is -0.383. The van der Waals surface area contributed by atoms with Crippen LogP contribution in [-0.2, 0) is 17.1 Å². The third-order valence-electron chi connectivity index (χ3n) is 3.55. The van der Waals surface area contributed by atoms with E-state index in [0.717, 1.165) is 27.1 Å². The first-order chi connectivity index (χ1) is 12.0. The van der Waals surface area contributed by atoms with Gasteiger partial charge in [0.1, 0.15) is 5.76 Å². The van der Waals surface area contributed by atoms with Gasteiger partial charge in [0, 0.05) is 16.0 Å². The predicted octanol–water partition coefficient (Wildman–Crippen LogP) is 4.71. The van der Waals surface area contributed by atoms with Crippen LogP contribution in [0.1, 0.15) is 38.4 Å². The molecule has 25 heavy (non-hydrogen) atoms. The second-order valence-corrected chi connectivity index (χ2v) is 7.55. The fourth-order valence-electron chi connectivity index (χ4n) is 2.19. The van der Waals surface area contributed by atoms with Crippen LogP contribution in [0.3, 0.4) is 0 Å². The van der Waals surface area contributed by atoms with Crippen molar-refractivity contribution in [3.05, 3.63) is 63.3 Å². The maximum absolute atomic E-state index is 12.4. The zero-order valence-corrected chi connectivity index (χ0v) is 15.9. The van der Waals surface area contributed by atoms with Crippen LogP contribution < -0.4 is 0 Å². The molecule has 0 saturated heterocycles. The quantitative estimate of drug-likeness (QED) is 0.460. The third-order valence-corrected chi connectivity index (χ3v) is 5.48. The number of ether oxygens (including phenoxy) is 1. The van der Waals surface area contributed by atoms with Crippen molar-refractivity contribution in [3.63, 3.8) is 0 Å². The van der Waals surface area contributed by atoms with E-state index in [4.69, 9.17) is 9.15 Å². The lowest BCUT2D eigenvalue weighted by Crippen LogP contribution is -2.07. The monoisotopic (exact) mass is 374 g/mol. The van der Waals surface area contributed by atoms with Gasteiger partial charge >= 0.3 is 5.97 Å². The zero-order chi connectivity index (χ0) is 17.8. The van der Waals surface area contributed by atoms with E-state index in [1.807, 2.05) is 44.4 Å². The molecule has 2 heterocycles. The smallest absolute Gasteiger partial charge is 0.339 e. The van der Waals surface area contributed by atoms with Crippen molar-refractivity contribution in [2.75, 3.05) is 0 Å². The van der Waals surface area contributed by atoms with Crippen molar-refractivity contribution < 1.29 is 13.9 Å². The number of hydrogen-bond donors (Lipinski definition) is 0. The average molecular weight is 374 g/mol. The fourth-order valence-corrected chi connectivity index (χ4v) is 3.84. The number of oxazole rings is 1. The summed E-state index contributed by atoms with van der Waals surface area (Å²) in [6, 6.07) is 7.42. The largest absolute Gasteiger partial charge is 0.452 e. The van der Waals surface area contributed by atoms with E-state index < -0.39 is 0 Å². The summed E-state index contributed by atoms with van der Waals surface area (Å²) in [6.07, 6.45) is 0. The van der Waals surface area contributed by atoms with Crippen LogP contribution in [0.2, 0.25) is 0 Å². The van der Waals surface area contributed by atoms with Gasteiger partial charge in [0.25, 0.3) is 0 Å². The van der Waals surface area contributed by atoms with E-state index in [9.17, 15) is 4.79 Å². The predicted molar refractivity (Wildman–Crippen MR) is 98.0 cm³/mol. The van der Waals surface area contributed by atoms with Gasteiger partial charge in [-0.15, -0.1) is 23.1 Å². The lowest BCUT2D eigenvalue weighted by Gasteiger charge is -2.08. The summed E-state index contributed by atoms with van der Waals surface area (Å²) in [7, 11) is 0. The molecule has 0 aliphatic carbocycles. The Bertz CT molecular complexity index is 867. The summed E-state index contributed by atoms with van der Waals surface area (Å²) in [4.78, 5) is 22.0. The lowest BCUT2D eigenvalue weighted by atomic mass is 10.2. The molecule has 0 saturated carbocycles. The van der Waals surface area contributed by atoms with Crippen molar-refractivity contribution >= 4 is 29.1 Å². The molecule has 0 bridgehead atoms. The molecule has 0 unspecified atom stereocenters. The minimum absolute atomic E-state index is 0.0256. The number of aryl methyl sites for hydroxylation is 3. The standard InChI is InChI=1S/C18H18N2O3S2/c1-11-12(2)23-17(19-11)8-22-18(21)15-6-4-5-7-16(15)25-10-14-9-24-13(3)20-14/h4-7,9H,8,10H2,1-3H3. The maximum Gasteiger partial charge on any atom is 0.339 e. The molecule has 1 aromatic carbocycles. The van der Waals surface area contributed by atoms with Crippen LogP contribution >= 0.6 is 23.1 Å². The number of hydrogen-bond acceptors (Lipinski definition) is 7. The van der Waals surface area contributed by atoms with Gasteiger partial charge < -0.3 is 9.15 Å². The number of esters is 1.